The largest absolute Gasteiger partial charge is 0.477 e. The maximum Gasteiger partial charge on any atom is 0.354 e. The highest BCUT2D eigenvalue weighted by molar-refractivity contribution is 7.88. The Labute approximate surface area is 146 Å². The number of anilines is 1. The maximum atomic E-state index is 12.6. The van der Waals surface area contributed by atoms with E-state index in [9.17, 15) is 13.2 Å². The summed E-state index contributed by atoms with van der Waals surface area (Å²) in [5.74, 6) is -0.536. The molecule has 132 valence electrons. The summed E-state index contributed by atoms with van der Waals surface area (Å²) >= 11 is 0. The molecule has 1 N–H and O–H groups in total. The summed E-state index contributed by atoms with van der Waals surface area (Å²) in [5.41, 5.74) is 0.748. The fourth-order valence-corrected chi connectivity index (χ4v) is 4.31. The minimum Gasteiger partial charge on any atom is -0.477 e. The summed E-state index contributed by atoms with van der Waals surface area (Å²) < 4.78 is 26.6. The van der Waals surface area contributed by atoms with Gasteiger partial charge in [0, 0.05) is 26.2 Å². The first-order valence-corrected chi connectivity index (χ1v) is 9.54. The Balaban J connectivity index is 1.65. The molecule has 0 bridgehead atoms. The molecule has 1 fully saturated rings. The first kappa shape index (κ1) is 17.4. The van der Waals surface area contributed by atoms with Crippen LogP contribution in [0.2, 0.25) is 0 Å². The highest BCUT2D eigenvalue weighted by Crippen LogP contribution is 2.18. The predicted molar refractivity (Wildman–Crippen MR) is 94.0 cm³/mol. The smallest absolute Gasteiger partial charge is 0.354 e. The number of nitrogens with zero attached hydrogens (tertiary/aromatic N) is 3. The van der Waals surface area contributed by atoms with Crippen LogP contribution in [0, 0.1) is 0 Å². The van der Waals surface area contributed by atoms with E-state index in [-0.39, 0.29) is 11.4 Å². The molecule has 1 aliphatic rings. The number of pyridine rings is 1. The molecule has 0 aliphatic carbocycles. The second-order valence-corrected chi connectivity index (χ2v) is 7.78. The molecule has 2 heterocycles. The number of hydrogen-bond donors (Lipinski definition) is 1. The van der Waals surface area contributed by atoms with Gasteiger partial charge in [-0.3, -0.25) is 0 Å². The third kappa shape index (κ3) is 4.15. The molecule has 0 amide bonds. The Morgan fingerprint density at radius 3 is 2.32 bits per heavy atom. The zero-order valence-corrected chi connectivity index (χ0v) is 14.4. The highest BCUT2D eigenvalue weighted by atomic mass is 32.2. The Morgan fingerprint density at radius 1 is 1.00 bits per heavy atom. The SMILES string of the molecule is O=C(O)c1cccc(N2CCN(S(=O)(=O)Cc3ccccc3)CC2)n1. The van der Waals surface area contributed by atoms with Crippen molar-refractivity contribution in [1.29, 1.82) is 0 Å². The number of rotatable bonds is 5. The summed E-state index contributed by atoms with van der Waals surface area (Å²) in [5, 5.41) is 9.03. The van der Waals surface area contributed by atoms with Gasteiger partial charge in [0.1, 0.15) is 5.82 Å². The summed E-state index contributed by atoms with van der Waals surface area (Å²) in [6.45, 7) is 1.66. The molecule has 8 heteroatoms. The van der Waals surface area contributed by atoms with Crippen molar-refractivity contribution in [2.24, 2.45) is 0 Å². The van der Waals surface area contributed by atoms with Gasteiger partial charge in [0.2, 0.25) is 10.0 Å². The lowest BCUT2D eigenvalue weighted by atomic mass is 10.2. The molecular formula is C17H19N3O4S. The van der Waals surface area contributed by atoms with Crippen molar-refractivity contribution < 1.29 is 18.3 Å². The molecule has 0 unspecified atom stereocenters. The zero-order valence-electron chi connectivity index (χ0n) is 13.6. The Bertz CT molecular complexity index is 847. The molecule has 0 atom stereocenters. The molecule has 3 rings (SSSR count). The van der Waals surface area contributed by atoms with Gasteiger partial charge in [-0.25, -0.2) is 18.2 Å². The van der Waals surface area contributed by atoms with Crippen molar-refractivity contribution in [3.63, 3.8) is 0 Å². The molecule has 1 saturated heterocycles. The van der Waals surface area contributed by atoms with E-state index in [2.05, 4.69) is 4.98 Å². The van der Waals surface area contributed by atoms with Crippen LogP contribution in [0.1, 0.15) is 16.1 Å². The normalized spacial score (nSPS) is 15.9. The van der Waals surface area contributed by atoms with Crippen LogP contribution in [0.25, 0.3) is 0 Å². The molecule has 0 saturated carbocycles. The van der Waals surface area contributed by atoms with Gasteiger partial charge in [-0.05, 0) is 17.7 Å². The first-order chi connectivity index (χ1) is 12.0. The fraction of sp³-hybridized carbons (Fsp3) is 0.294. The van der Waals surface area contributed by atoms with E-state index >= 15 is 0 Å². The van der Waals surface area contributed by atoms with Crippen molar-refractivity contribution in [1.82, 2.24) is 9.29 Å². The van der Waals surface area contributed by atoms with Crippen LogP contribution in [0.3, 0.4) is 0 Å². The molecule has 7 nitrogen and oxygen atoms in total. The van der Waals surface area contributed by atoms with Gasteiger partial charge in [-0.1, -0.05) is 36.4 Å². The number of aromatic nitrogens is 1. The minimum atomic E-state index is -3.37. The van der Waals surface area contributed by atoms with Crippen molar-refractivity contribution in [3.8, 4) is 0 Å². The van der Waals surface area contributed by atoms with E-state index in [0.717, 1.165) is 5.56 Å². The molecule has 0 radical (unpaired) electrons. The quantitative estimate of drug-likeness (QED) is 0.866. The molecule has 1 aromatic carbocycles. The van der Waals surface area contributed by atoms with Gasteiger partial charge in [0.15, 0.2) is 5.69 Å². The molecule has 0 spiro atoms. The van der Waals surface area contributed by atoms with Gasteiger partial charge < -0.3 is 10.0 Å². The Kier molecular flexibility index (Phi) is 5.00. The van der Waals surface area contributed by atoms with Crippen LogP contribution >= 0.6 is 0 Å². The van der Waals surface area contributed by atoms with E-state index in [1.54, 1.807) is 24.3 Å². The van der Waals surface area contributed by atoms with Crippen LogP contribution in [0.4, 0.5) is 5.82 Å². The average Bonchev–Trinajstić information content (AvgIpc) is 2.62. The van der Waals surface area contributed by atoms with Crippen molar-refractivity contribution in [2.45, 2.75) is 5.75 Å². The lowest BCUT2D eigenvalue weighted by molar-refractivity contribution is 0.0690. The predicted octanol–water partition coefficient (Wildman–Crippen LogP) is 1.43. The highest BCUT2D eigenvalue weighted by Gasteiger charge is 2.27. The average molecular weight is 361 g/mol. The summed E-state index contributed by atoms with van der Waals surface area (Å²) in [6, 6.07) is 13.9. The van der Waals surface area contributed by atoms with Crippen molar-refractivity contribution >= 4 is 21.8 Å². The number of benzene rings is 1. The molecular weight excluding hydrogens is 342 g/mol. The van der Waals surface area contributed by atoms with Crippen molar-refractivity contribution in [2.75, 3.05) is 31.1 Å². The standard InChI is InChI=1S/C17H19N3O4S/c21-17(22)15-7-4-8-16(18-15)19-9-11-20(12-10-19)25(23,24)13-14-5-2-1-3-6-14/h1-8H,9-13H2,(H,21,22). The van der Waals surface area contributed by atoms with Gasteiger partial charge >= 0.3 is 5.97 Å². The lowest BCUT2D eigenvalue weighted by Crippen LogP contribution is -2.49. The summed E-state index contributed by atoms with van der Waals surface area (Å²) in [6.07, 6.45) is 0. The monoisotopic (exact) mass is 361 g/mol. The van der Waals surface area contributed by atoms with E-state index in [1.807, 2.05) is 23.1 Å². The molecule has 2 aromatic rings. The van der Waals surface area contributed by atoms with Crippen LogP contribution in [-0.4, -0.2) is 55.0 Å². The van der Waals surface area contributed by atoms with Crippen LogP contribution in [0.5, 0.6) is 0 Å². The third-order valence-electron chi connectivity index (χ3n) is 4.10. The van der Waals surface area contributed by atoms with Crippen LogP contribution < -0.4 is 4.90 Å². The number of sulfonamides is 1. The molecule has 1 aliphatic heterocycles. The molecule has 1 aromatic heterocycles. The number of aromatic carboxylic acids is 1. The second kappa shape index (κ2) is 7.20. The van der Waals surface area contributed by atoms with Gasteiger partial charge in [-0.2, -0.15) is 4.31 Å². The van der Waals surface area contributed by atoms with E-state index < -0.39 is 16.0 Å². The van der Waals surface area contributed by atoms with Gasteiger partial charge in [-0.15, -0.1) is 0 Å². The number of carboxylic acid groups (broad SMARTS) is 1. The Hall–Kier alpha value is -2.45. The van der Waals surface area contributed by atoms with Crippen LogP contribution in [0.15, 0.2) is 48.5 Å². The van der Waals surface area contributed by atoms with Crippen molar-refractivity contribution in [3.05, 3.63) is 59.8 Å². The topological polar surface area (TPSA) is 90.8 Å². The number of hydrogen-bond acceptors (Lipinski definition) is 5. The number of carbonyl (C=O) groups is 1. The number of piperazine rings is 1. The maximum absolute atomic E-state index is 12.6. The first-order valence-electron chi connectivity index (χ1n) is 7.93. The number of carboxylic acids is 1. The minimum absolute atomic E-state index is 0.0133. The zero-order chi connectivity index (χ0) is 17.9. The van der Waals surface area contributed by atoms with Crippen LogP contribution in [-0.2, 0) is 15.8 Å². The van der Waals surface area contributed by atoms with E-state index in [0.29, 0.717) is 32.0 Å². The lowest BCUT2D eigenvalue weighted by Gasteiger charge is -2.34. The van der Waals surface area contributed by atoms with Gasteiger partial charge in [0.25, 0.3) is 0 Å². The van der Waals surface area contributed by atoms with E-state index in [1.165, 1.54) is 10.4 Å². The van der Waals surface area contributed by atoms with E-state index in [4.69, 9.17) is 5.11 Å². The summed E-state index contributed by atoms with van der Waals surface area (Å²) in [7, 11) is -3.37. The Morgan fingerprint density at radius 2 is 1.68 bits per heavy atom. The third-order valence-corrected chi connectivity index (χ3v) is 5.95. The fourth-order valence-electron chi connectivity index (χ4n) is 2.79. The van der Waals surface area contributed by atoms with Gasteiger partial charge in [0.05, 0.1) is 5.75 Å². The summed E-state index contributed by atoms with van der Waals surface area (Å²) in [4.78, 5) is 17.0. The second-order valence-electron chi connectivity index (χ2n) is 5.81. The molecule has 25 heavy (non-hydrogen) atoms.